The smallest absolute Gasteiger partial charge is 0.251 e. The number of benzene rings is 3. The van der Waals surface area contributed by atoms with E-state index in [2.05, 4.69) is 11.4 Å². The van der Waals surface area contributed by atoms with E-state index in [-0.39, 0.29) is 18.3 Å². The standard InChI is InChI=1S/C29H31FN2O2/c1-22(24-13-16-27(30)17-14-24)32-28-18-15-26(20-25(28)12-8-3-2-4-9-19-33)29(34)31-21-23-10-6-5-7-11-23/h5-8,10-18,20,33H,2-4,9,19,21H2,1H3,(H,31,34)/b12-8+,32-22?. The Morgan fingerprint density at radius 3 is 2.44 bits per heavy atom. The summed E-state index contributed by atoms with van der Waals surface area (Å²) in [6, 6.07) is 21.5. The summed E-state index contributed by atoms with van der Waals surface area (Å²) in [5.41, 5.74) is 4.79. The molecule has 3 aromatic rings. The Kier molecular flexibility index (Phi) is 9.74. The molecule has 0 saturated heterocycles. The molecule has 0 atom stereocenters. The number of unbranched alkanes of at least 4 members (excludes halogenated alkanes) is 3. The Hall–Kier alpha value is -3.57. The van der Waals surface area contributed by atoms with Crippen molar-refractivity contribution in [2.45, 2.75) is 39.2 Å². The lowest BCUT2D eigenvalue weighted by molar-refractivity contribution is 0.0951. The molecular weight excluding hydrogens is 427 g/mol. The first-order chi connectivity index (χ1) is 16.6. The molecule has 2 N–H and O–H groups in total. The highest BCUT2D eigenvalue weighted by Crippen LogP contribution is 2.24. The van der Waals surface area contributed by atoms with Crippen molar-refractivity contribution in [1.29, 1.82) is 0 Å². The summed E-state index contributed by atoms with van der Waals surface area (Å²) in [4.78, 5) is 17.5. The molecule has 3 rings (SSSR count). The third-order valence-corrected chi connectivity index (χ3v) is 5.46. The topological polar surface area (TPSA) is 61.7 Å². The minimum absolute atomic E-state index is 0.146. The number of carbonyl (C=O) groups excluding carboxylic acids is 1. The summed E-state index contributed by atoms with van der Waals surface area (Å²) < 4.78 is 13.3. The zero-order chi connectivity index (χ0) is 24.2. The number of nitrogens with one attached hydrogen (secondary N) is 1. The molecular formula is C29H31FN2O2. The number of rotatable bonds is 11. The Morgan fingerprint density at radius 2 is 1.71 bits per heavy atom. The maximum atomic E-state index is 13.3. The van der Waals surface area contributed by atoms with Crippen molar-refractivity contribution in [3.05, 3.63) is 107 Å². The van der Waals surface area contributed by atoms with Crippen LogP contribution in [0.3, 0.4) is 0 Å². The molecule has 0 spiro atoms. The fourth-order valence-electron chi connectivity index (χ4n) is 3.51. The molecule has 0 radical (unpaired) electrons. The van der Waals surface area contributed by atoms with Gasteiger partial charge in [-0.1, -0.05) is 61.0 Å². The number of amides is 1. The maximum Gasteiger partial charge on any atom is 0.251 e. The number of aliphatic hydroxyl groups excluding tert-OH is 1. The summed E-state index contributed by atoms with van der Waals surface area (Å²) in [6.07, 6.45) is 7.70. The fourth-order valence-corrected chi connectivity index (χ4v) is 3.51. The molecule has 34 heavy (non-hydrogen) atoms. The van der Waals surface area contributed by atoms with Gasteiger partial charge in [0.15, 0.2) is 0 Å². The first-order valence-corrected chi connectivity index (χ1v) is 11.6. The van der Waals surface area contributed by atoms with E-state index in [1.54, 1.807) is 18.2 Å². The van der Waals surface area contributed by atoms with Crippen LogP contribution in [0.4, 0.5) is 10.1 Å². The van der Waals surface area contributed by atoms with E-state index < -0.39 is 0 Å². The molecule has 0 aliphatic carbocycles. The molecule has 0 unspecified atom stereocenters. The van der Waals surface area contributed by atoms with Crippen LogP contribution in [0.15, 0.2) is 83.9 Å². The molecule has 3 aromatic carbocycles. The first-order valence-electron chi connectivity index (χ1n) is 11.6. The van der Waals surface area contributed by atoms with E-state index >= 15 is 0 Å². The van der Waals surface area contributed by atoms with Crippen LogP contribution >= 0.6 is 0 Å². The second kappa shape index (κ2) is 13.2. The van der Waals surface area contributed by atoms with Crippen LogP contribution in [-0.2, 0) is 6.54 Å². The largest absolute Gasteiger partial charge is 0.396 e. The van der Waals surface area contributed by atoms with Crippen molar-refractivity contribution in [2.24, 2.45) is 4.99 Å². The fraction of sp³-hybridized carbons (Fsp3) is 0.241. The van der Waals surface area contributed by atoms with Crippen LogP contribution in [0, 0.1) is 5.82 Å². The Labute approximate surface area is 200 Å². The van der Waals surface area contributed by atoms with E-state index in [0.717, 1.165) is 53.8 Å². The SMILES string of the molecule is CC(=Nc1ccc(C(=O)NCc2ccccc2)cc1/C=C/CCCCCO)c1ccc(F)cc1. The van der Waals surface area contributed by atoms with Gasteiger partial charge in [-0.3, -0.25) is 9.79 Å². The molecule has 1 amide bonds. The Bertz CT molecular complexity index is 1120. The van der Waals surface area contributed by atoms with Crippen molar-refractivity contribution in [2.75, 3.05) is 6.61 Å². The van der Waals surface area contributed by atoms with E-state index in [9.17, 15) is 9.18 Å². The number of halogens is 1. The Balaban J connectivity index is 1.80. The third kappa shape index (κ3) is 7.78. The minimum Gasteiger partial charge on any atom is -0.396 e. The summed E-state index contributed by atoms with van der Waals surface area (Å²) in [7, 11) is 0. The lowest BCUT2D eigenvalue weighted by atomic mass is 10.1. The number of aliphatic imine (C=N–C) groups is 1. The number of aliphatic hydroxyl groups is 1. The molecule has 0 aromatic heterocycles. The molecule has 0 heterocycles. The van der Waals surface area contributed by atoms with Gasteiger partial charge in [0.2, 0.25) is 0 Å². The van der Waals surface area contributed by atoms with Crippen LogP contribution in [0.2, 0.25) is 0 Å². The predicted octanol–water partition coefficient (Wildman–Crippen LogP) is 6.46. The minimum atomic E-state index is -0.285. The predicted molar refractivity (Wildman–Crippen MR) is 137 cm³/mol. The summed E-state index contributed by atoms with van der Waals surface area (Å²) in [5.74, 6) is -0.431. The zero-order valence-electron chi connectivity index (χ0n) is 19.5. The van der Waals surface area contributed by atoms with Gasteiger partial charge in [0.25, 0.3) is 5.91 Å². The number of allylic oxidation sites excluding steroid dienone is 1. The summed E-state index contributed by atoms with van der Waals surface area (Å²) >= 11 is 0. The zero-order valence-corrected chi connectivity index (χ0v) is 19.5. The van der Waals surface area contributed by atoms with Crippen LogP contribution in [0.1, 0.15) is 59.7 Å². The van der Waals surface area contributed by atoms with E-state index in [4.69, 9.17) is 10.1 Å². The Morgan fingerprint density at radius 1 is 0.971 bits per heavy atom. The molecule has 0 aliphatic heterocycles. The monoisotopic (exact) mass is 458 g/mol. The summed E-state index contributed by atoms with van der Waals surface area (Å²) in [5, 5.41) is 11.9. The van der Waals surface area contributed by atoms with Crippen LogP contribution in [0.5, 0.6) is 0 Å². The van der Waals surface area contributed by atoms with Gasteiger partial charge in [-0.05, 0) is 67.6 Å². The molecule has 0 aliphatic rings. The second-order valence-corrected chi connectivity index (χ2v) is 8.12. The lowest BCUT2D eigenvalue weighted by Crippen LogP contribution is -2.22. The van der Waals surface area contributed by atoms with Crippen molar-refractivity contribution >= 4 is 23.4 Å². The van der Waals surface area contributed by atoms with Gasteiger partial charge in [-0.15, -0.1) is 0 Å². The van der Waals surface area contributed by atoms with Gasteiger partial charge in [0.1, 0.15) is 5.82 Å². The van der Waals surface area contributed by atoms with Gasteiger partial charge < -0.3 is 10.4 Å². The molecule has 0 saturated carbocycles. The van der Waals surface area contributed by atoms with Crippen LogP contribution < -0.4 is 5.32 Å². The average Bonchev–Trinajstić information content (AvgIpc) is 2.86. The normalized spacial score (nSPS) is 11.7. The highest BCUT2D eigenvalue weighted by molar-refractivity contribution is 6.01. The van der Waals surface area contributed by atoms with Crippen molar-refractivity contribution < 1.29 is 14.3 Å². The number of carbonyl (C=O) groups is 1. The van der Waals surface area contributed by atoms with Gasteiger partial charge in [-0.2, -0.15) is 0 Å². The highest BCUT2D eigenvalue weighted by Gasteiger charge is 2.09. The number of nitrogens with zero attached hydrogens (tertiary/aromatic N) is 1. The van der Waals surface area contributed by atoms with E-state index in [1.807, 2.05) is 55.5 Å². The van der Waals surface area contributed by atoms with Gasteiger partial charge in [0.05, 0.1) is 5.69 Å². The lowest BCUT2D eigenvalue weighted by Gasteiger charge is -2.09. The molecule has 0 fully saturated rings. The van der Waals surface area contributed by atoms with Crippen molar-refractivity contribution in [3.8, 4) is 0 Å². The van der Waals surface area contributed by atoms with Gasteiger partial charge in [0, 0.05) is 30.0 Å². The molecule has 5 heteroatoms. The molecule has 176 valence electrons. The summed E-state index contributed by atoms with van der Waals surface area (Å²) in [6.45, 7) is 2.56. The van der Waals surface area contributed by atoms with Crippen LogP contribution in [0.25, 0.3) is 6.08 Å². The number of hydrogen-bond acceptors (Lipinski definition) is 3. The van der Waals surface area contributed by atoms with Crippen molar-refractivity contribution in [3.63, 3.8) is 0 Å². The highest BCUT2D eigenvalue weighted by atomic mass is 19.1. The quantitative estimate of drug-likeness (QED) is 0.256. The molecule has 0 bridgehead atoms. The van der Waals surface area contributed by atoms with Crippen LogP contribution in [-0.4, -0.2) is 23.3 Å². The van der Waals surface area contributed by atoms with E-state index in [0.29, 0.717) is 12.1 Å². The van der Waals surface area contributed by atoms with E-state index in [1.165, 1.54) is 12.1 Å². The third-order valence-electron chi connectivity index (χ3n) is 5.46. The second-order valence-electron chi connectivity index (χ2n) is 8.12. The average molecular weight is 459 g/mol. The number of hydrogen-bond donors (Lipinski definition) is 2. The van der Waals surface area contributed by atoms with Crippen molar-refractivity contribution in [1.82, 2.24) is 5.32 Å². The van der Waals surface area contributed by atoms with Gasteiger partial charge >= 0.3 is 0 Å². The maximum absolute atomic E-state index is 13.3. The molecule has 4 nitrogen and oxygen atoms in total. The first kappa shape index (κ1) is 25.1. The van der Waals surface area contributed by atoms with Gasteiger partial charge in [-0.25, -0.2) is 4.39 Å².